The van der Waals surface area contributed by atoms with Crippen molar-refractivity contribution in [3.63, 3.8) is 0 Å². The summed E-state index contributed by atoms with van der Waals surface area (Å²) >= 11 is 0. The number of para-hydroxylation sites is 1. The molecule has 0 unspecified atom stereocenters. The summed E-state index contributed by atoms with van der Waals surface area (Å²) in [5, 5.41) is 14.5. The lowest BCUT2D eigenvalue weighted by Crippen LogP contribution is -2.52. The van der Waals surface area contributed by atoms with Crippen LogP contribution < -0.4 is 5.32 Å². The van der Waals surface area contributed by atoms with Gasteiger partial charge in [0.1, 0.15) is 5.54 Å². The van der Waals surface area contributed by atoms with Crippen molar-refractivity contribution in [2.75, 3.05) is 11.9 Å². The molecule has 3 aliphatic heterocycles. The highest BCUT2D eigenvalue weighted by atomic mass is 16.6. The third kappa shape index (κ3) is 2.61. The van der Waals surface area contributed by atoms with Crippen molar-refractivity contribution in [2.45, 2.75) is 30.3 Å². The van der Waals surface area contributed by atoms with E-state index in [1.165, 1.54) is 12.3 Å². The average Bonchev–Trinajstić information content (AvgIpc) is 3.59. The van der Waals surface area contributed by atoms with E-state index in [0.29, 0.717) is 17.8 Å². The molecule has 1 aromatic heterocycles. The standard InChI is InChI=1S/C25H21N3O5/c29-23(20-11-5-13-33-20)22-21(15-6-3-7-16(14-15)28(31)32)19-10-4-12-27(19)25(22)17-8-1-2-9-18(17)26-24(25)30/h1-3,5-9,11,13-14,19,21-22H,4,10,12H2,(H,26,30)/t19-,21-,22+,25-/m1/s1. The molecule has 1 amide bonds. The van der Waals surface area contributed by atoms with Gasteiger partial charge in [0.05, 0.1) is 17.1 Å². The van der Waals surface area contributed by atoms with Crippen molar-refractivity contribution >= 4 is 23.1 Å². The molecule has 0 radical (unpaired) electrons. The number of hydrogen-bond acceptors (Lipinski definition) is 6. The van der Waals surface area contributed by atoms with E-state index in [0.717, 1.165) is 18.4 Å². The Morgan fingerprint density at radius 3 is 2.79 bits per heavy atom. The number of hydrogen-bond donors (Lipinski definition) is 1. The number of nitro groups is 1. The number of carbonyl (C=O) groups excluding carboxylic acids is 2. The van der Waals surface area contributed by atoms with Crippen LogP contribution in [0.1, 0.15) is 40.4 Å². The van der Waals surface area contributed by atoms with Crippen LogP contribution in [-0.2, 0) is 10.3 Å². The second-order valence-electron chi connectivity index (χ2n) is 8.87. The molecular formula is C25H21N3O5. The normalized spacial score (nSPS) is 28.0. The van der Waals surface area contributed by atoms with Gasteiger partial charge < -0.3 is 9.73 Å². The largest absolute Gasteiger partial charge is 0.461 e. The first-order valence-corrected chi connectivity index (χ1v) is 11.0. The fraction of sp³-hybridized carbons (Fsp3) is 0.280. The van der Waals surface area contributed by atoms with Gasteiger partial charge in [-0.1, -0.05) is 30.3 Å². The number of Topliss-reactive ketones (excluding diaryl/α,β-unsaturated/α-hetero) is 1. The first-order valence-electron chi connectivity index (χ1n) is 11.0. The number of nitro benzene ring substituents is 1. The molecule has 8 nitrogen and oxygen atoms in total. The van der Waals surface area contributed by atoms with Crippen LogP contribution in [-0.4, -0.2) is 34.1 Å². The molecule has 4 atom stereocenters. The van der Waals surface area contributed by atoms with Gasteiger partial charge >= 0.3 is 0 Å². The van der Waals surface area contributed by atoms with Crippen LogP contribution in [0.2, 0.25) is 0 Å². The van der Waals surface area contributed by atoms with E-state index in [1.54, 1.807) is 24.3 Å². The molecule has 8 heteroatoms. The third-order valence-corrected chi connectivity index (χ3v) is 7.42. The summed E-state index contributed by atoms with van der Waals surface area (Å²) in [7, 11) is 0. The van der Waals surface area contributed by atoms with Gasteiger partial charge in [0, 0.05) is 35.3 Å². The fourth-order valence-electron chi connectivity index (χ4n) is 6.31. The molecule has 33 heavy (non-hydrogen) atoms. The third-order valence-electron chi connectivity index (χ3n) is 7.42. The molecule has 2 aromatic carbocycles. The predicted octanol–water partition coefficient (Wildman–Crippen LogP) is 4.10. The summed E-state index contributed by atoms with van der Waals surface area (Å²) in [5.74, 6) is -1.50. The quantitative estimate of drug-likeness (QED) is 0.370. The number of furan rings is 1. The fourth-order valence-corrected chi connectivity index (χ4v) is 6.31. The Labute approximate surface area is 189 Å². The molecule has 0 bridgehead atoms. The Morgan fingerprint density at radius 1 is 1.15 bits per heavy atom. The van der Waals surface area contributed by atoms with Crippen molar-refractivity contribution in [3.8, 4) is 0 Å². The molecule has 1 N–H and O–H groups in total. The number of benzene rings is 2. The van der Waals surface area contributed by atoms with Crippen molar-refractivity contribution in [1.29, 1.82) is 0 Å². The summed E-state index contributed by atoms with van der Waals surface area (Å²) in [4.78, 5) is 41.1. The summed E-state index contributed by atoms with van der Waals surface area (Å²) < 4.78 is 5.49. The van der Waals surface area contributed by atoms with E-state index < -0.39 is 22.3 Å². The van der Waals surface area contributed by atoms with Crippen LogP contribution in [0, 0.1) is 16.0 Å². The van der Waals surface area contributed by atoms with E-state index in [2.05, 4.69) is 10.2 Å². The Balaban J connectivity index is 1.62. The van der Waals surface area contributed by atoms with Gasteiger partial charge in [0.15, 0.2) is 5.76 Å². The number of amides is 1. The lowest BCUT2D eigenvalue weighted by atomic mass is 9.69. The first-order chi connectivity index (χ1) is 16.0. The number of nitrogens with one attached hydrogen (secondary N) is 1. The molecule has 0 saturated carbocycles. The molecule has 166 valence electrons. The van der Waals surface area contributed by atoms with Gasteiger partial charge in [-0.3, -0.25) is 24.6 Å². The zero-order chi connectivity index (χ0) is 22.7. The summed E-state index contributed by atoms with van der Waals surface area (Å²) in [6.07, 6.45) is 3.13. The van der Waals surface area contributed by atoms with Crippen molar-refractivity contribution in [1.82, 2.24) is 4.90 Å². The van der Waals surface area contributed by atoms with Gasteiger partial charge in [-0.05, 0) is 43.1 Å². The van der Waals surface area contributed by atoms with Crippen LogP contribution in [0.15, 0.2) is 71.3 Å². The van der Waals surface area contributed by atoms with Gasteiger partial charge in [-0.25, -0.2) is 0 Å². The number of fused-ring (bicyclic) bond motifs is 4. The summed E-state index contributed by atoms with van der Waals surface area (Å²) in [5.41, 5.74) is 0.944. The Bertz CT molecular complexity index is 1290. The van der Waals surface area contributed by atoms with Crippen LogP contribution in [0.25, 0.3) is 0 Å². The van der Waals surface area contributed by atoms with Crippen LogP contribution in [0.4, 0.5) is 11.4 Å². The smallest absolute Gasteiger partial charge is 0.269 e. The Hall–Kier alpha value is -3.78. The monoisotopic (exact) mass is 443 g/mol. The summed E-state index contributed by atoms with van der Waals surface area (Å²) in [6, 6.07) is 17.1. The van der Waals surface area contributed by atoms with E-state index in [9.17, 15) is 19.7 Å². The predicted molar refractivity (Wildman–Crippen MR) is 119 cm³/mol. The highest BCUT2D eigenvalue weighted by Gasteiger charge is 2.69. The zero-order valence-electron chi connectivity index (χ0n) is 17.6. The minimum absolute atomic E-state index is 0.0292. The van der Waals surface area contributed by atoms with Crippen molar-refractivity contribution in [3.05, 3.63) is 93.9 Å². The zero-order valence-corrected chi connectivity index (χ0v) is 17.6. The van der Waals surface area contributed by atoms with Gasteiger partial charge in [0.25, 0.3) is 5.69 Å². The molecule has 3 aromatic rings. The lowest BCUT2D eigenvalue weighted by Gasteiger charge is -2.36. The molecule has 3 aliphatic rings. The molecule has 2 saturated heterocycles. The number of ketones is 1. The first kappa shape index (κ1) is 19.9. The highest BCUT2D eigenvalue weighted by molar-refractivity contribution is 6.11. The topological polar surface area (TPSA) is 106 Å². The van der Waals surface area contributed by atoms with Gasteiger partial charge in [-0.15, -0.1) is 0 Å². The number of nitrogens with zero attached hydrogens (tertiary/aromatic N) is 2. The maximum Gasteiger partial charge on any atom is 0.269 e. The molecule has 0 aliphatic carbocycles. The number of anilines is 1. The maximum absolute atomic E-state index is 14.0. The van der Waals surface area contributed by atoms with Gasteiger partial charge in [0.2, 0.25) is 11.7 Å². The van der Waals surface area contributed by atoms with Crippen LogP contribution in [0.3, 0.4) is 0 Å². The molecular weight excluding hydrogens is 422 g/mol. The SMILES string of the molecule is O=C(c1ccco1)[C@@H]1[C@H](c2cccc([N+](=O)[O-])c2)[C@H]2CCCN2[C@@]12C(=O)Nc1ccccc12. The highest BCUT2D eigenvalue weighted by Crippen LogP contribution is 2.61. The molecule has 4 heterocycles. The van der Waals surface area contributed by atoms with Gasteiger partial charge in [-0.2, -0.15) is 0 Å². The van der Waals surface area contributed by atoms with Crippen LogP contribution in [0.5, 0.6) is 0 Å². The minimum atomic E-state index is -1.20. The second-order valence-corrected chi connectivity index (χ2v) is 8.87. The van der Waals surface area contributed by atoms with E-state index in [1.807, 2.05) is 30.3 Å². The lowest BCUT2D eigenvalue weighted by molar-refractivity contribution is -0.384. The van der Waals surface area contributed by atoms with Crippen molar-refractivity contribution < 1.29 is 18.9 Å². The van der Waals surface area contributed by atoms with E-state index in [-0.39, 0.29) is 29.2 Å². The van der Waals surface area contributed by atoms with Crippen molar-refractivity contribution in [2.24, 2.45) is 5.92 Å². The molecule has 6 rings (SSSR count). The molecule has 2 fully saturated rings. The number of non-ortho nitro benzene ring substituents is 1. The average molecular weight is 443 g/mol. The molecule has 1 spiro atoms. The number of carbonyl (C=O) groups is 2. The van der Waals surface area contributed by atoms with E-state index >= 15 is 0 Å². The Morgan fingerprint density at radius 2 is 2.00 bits per heavy atom. The summed E-state index contributed by atoms with van der Waals surface area (Å²) in [6.45, 7) is 0.666. The van der Waals surface area contributed by atoms with E-state index in [4.69, 9.17) is 4.42 Å². The van der Waals surface area contributed by atoms with Crippen LogP contribution >= 0.6 is 0 Å². The maximum atomic E-state index is 14.0. The minimum Gasteiger partial charge on any atom is -0.461 e. The Kier molecular flexibility index (Phi) is 4.28. The number of rotatable bonds is 4. The second kappa shape index (κ2) is 7.11.